The predicted molar refractivity (Wildman–Crippen MR) is 50.0 cm³/mol. The first-order chi connectivity index (χ1) is 5.74. The van der Waals surface area contributed by atoms with E-state index in [-0.39, 0.29) is 0 Å². The van der Waals surface area contributed by atoms with Crippen molar-refractivity contribution in [1.29, 1.82) is 0 Å². The minimum atomic E-state index is 0.518. The van der Waals surface area contributed by atoms with Gasteiger partial charge in [-0.1, -0.05) is 13.8 Å². The maximum atomic E-state index is 5.41. The number of aromatic nitrogens is 2. The predicted octanol–water partition coefficient (Wildman–Crippen LogP) is 1.36. The molecule has 0 bridgehead atoms. The Morgan fingerprint density at radius 3 is 2.83 bits per heavy atom. The second kappa shape index (κ2) is 4.26. The Labute approximate surface area is 73.6 Å². The molecule has 0 atom stereocenters. The highest BCUT2D eigenvalue weighted by Crippen LogP contribution is 2.10. The van der Waals surface area contributed by atoms with E-state index in [1.54, 1.807) is 0 Å². The molecule has 0 saturated heterocycles. The topological polar surface area (TPSA) is 43.8 Å². The largest absolute Gasteiger partial charge is 0.337 e. The molecular weight excluding hydrogens is 150 g/mol. The lowest BCUT2D eigenvalue weighted by Gasteiger charge is -1.99. The standard InChI is InChI=1S/C9H17N3/c1-8(2)9-6-12(7-11-9)5-3-4-10/h6-8H,3-5,10H2,1-2H3. The van der Waals surface area contributed by atoms with Gasteiger partial charge in [0.25, 0.3) is 0 Å². The molecule has 0 amide bonds. The van der Waals surface area contributed by atoms with Gasteiger partial charge in [-0.3, -0.25) is 0 Å². The van der Waals surface area contributed by atoms with Crippen molar-refractivity contribution in [3.63, 3.8) is 0 Å². The van der Waals surface area contributed by atoms with Crippen LogP contribution in [0, 0.1) is 0 Å². The maximum Gasteiger partial charge on any atom is 0.0949 e. The number of hydrogen-bond acceptors (Lipinski definition) is 2. The fourth-order valence-electron chi connectivity index (χ4n) is 1.07. The van der Waals surface area contributed by atoms with Gasteiger partial charge >= 0.3 is 0 Å². The smallest absolute Gasteiger partial charge is 0.0949 e. The van der Waals surface area contributed by atoms with E-state index in [1.165, 1.54) is 0 Å². The lowest BCUT2D eigenvalue weighted by Crippen LogP contribution is -2.04. The normalized spacial score (nSPS) is 11.0. The lowest BCUT2D eigenvalue weighted by molar-refractivity contribution is 0.649. The van der Waals surface area contributed by atoms with Crippen molar-refractivity contribution in [1.82, 2.24) is 9.55 Å². The summed E-state index contributed by atoms with van der Waals surface area (Å²) in [5.74, 6) is 0.518. The van der Waals surface area contributed by atoms with Crippen LogP contribution < -0.4 is 5.73 Å². The molecule has 1 rings (SSSR count). The third-order valence-electron chi connectivity index (χ3n) is 1.87. The molecule has 2 N–H and O–H groups in total. The van der Waals surface area contributed by atoms with Crippen molar-refractivity contribution in [3.05, 3.63) is 18.2 Å². The SMILES string of the molecule is CC(C)c1cn(CCCN)cn1. The first-order valence-corrected chi connectivity index (χ1v) is 4.45. The Balaban J connectivity index is 2.52. The molecule has 1 aromatic heterocycles. The van der Waals surface area contributed by atoms with Crippen LogP contribution in [0.3, 0.4) is 0 Å². The molecular formula is C9H17N3. The summed E-state index contributed by atoms with van der Waals surface area (Å²) in [7, 11) is 0. The Kier molecular flexibility index (Phi) is 3.29. The second-order valence-electron chi connectivity index (χ2n) is 3.33. The average molecular weight is 167 g/mol. The van der Waals surface area contributed by atoms with Gasteiger partial charge in [0.2, 0.25) is 0 Å². The van der Waals surface area contributed by atoms with Crippen molar-refractivity contribution in [2.45, 2.75) is 32.7 Å². The Hall–Kier alpha value is -0.830. The molecule has 0 radical (unpaired) electrons. The summed E-state index contributed by atoms with van der Waals surface area (Å²) in [6.07, 6.45) is 5.00. The summed E-state index contributed by atoms with van der Waals surface area (Å²) >= 11 is 0. The molecule has 0 aliphatic carbocycles. The first kappa shape index (κ1) is 9.26. The van der Waals surface area contributed by atoms with Crippen LogP contribution in [0.2, 0.25) is 0 Å². The molecule has 12 heavy (non-hydrogen) atoms. The molecule has 0 aliphatic rings. The second-order valence-corrected chi connectivity index (χ2v) is 3.33. The first-order valence-electron chi connectivity index (χ1n) is 4.45. The van der Waals surface area contributed by atoms with Gasteiger partial charge in [-0.15, -0.1) is 0 Å². The molecule has 1 heterocycles. The van der Waals surface area contributed by atoms with Crippen molar-refractivity contribution < 1.29 is 0 Å². The zero-order chi connectivity index (χ0) is 8.97. The van der Waals surface area contributed by atoms with Crippen LogP contribution in [0.5, 0.6) is 0 Å². The average Bonchev–Trinajstić information content (AvgIpc) is 2.48. The third-order valence-corrected chi connectivity index (χ3v) is 1.87. The number of rotatable bonds is 4. The molecule has 0 spiro atoms. The van der Waals surface area contributed by atoms with Gasteiger partial charge in [0.05, 0.1) is 12.0 Å². The number of imidazole rings is 1. The number of nitrogens with zero attached hydrogens (tertiary/aromatic N) is 2. The number of nitrogens with two attached hydrogens (primary N) is 1. The highest BCUT2D eigenvalue weighted by molar-refractivity contribution is 5.01. The Morgan fingerprint density at radius 1 is 1.58 bits per heavy atom. The zero-order valence-corrected chi connectivity index (χ0v) is 7.83. The van der Waals surface area contributed by atoms with Crippen LogP contribution in [-0.4, -0.2) is 16.1 Å². The van der Waals surface area contributed by atoms with Crippen molar-refractivity contribution in [3.8, 4) is 0 Å². The van der Waals surface area contributed by atoms with E-state index in [0.717, 1.165) is 25.2 Å². The number of hydrogen-bond donors (Lipinski definition) is 1. The molecule has 68 valence electrons. The van der Waals surface area contributed by atoms with E-state index in [9.17, 15) is 0 Å². The van der Waals surface area contributed by atoms with E-state index in [4.69, 9.17) is 5.73 Å². The van der Waals surface area contributed by atoms with Crippen molar-refractivity contribution in [2.24, 2.45) is 5.73 Å². The van der Waals surface area contributed by atoms with Crippen LogP contribution in [0.4, 0.5) is 0 Å². The molecule has 0 unspecified atom stereocenters. The summed E-state index contributed by atoms with van der Waals surface area (Å²) in [6.45, 7) is 6.02. The summed E-state index contributed by atoms with van der Waals surface area (Å²) < 4.78 is 2.10. The summed E-state index contributed by atoms with van der Waals surface area (Å²) in [4.78, 5) is 4.29. The minimum absolute atomic E-state index is 0.518. The van der Waals surface area contributed by atoms with Gasteiger partial charge in [-0.05, 0) is 18.9 Å². The van der Waals surface area contributed by atoms with Crippen LogP contribution in [0.25, 0.3) is 0 Å². The highest BCUT2D eigenvalue weighted by atomic mass is 15.0. The summed E-state index contributed by atoms with van der Waals surface area (Å²) in [5, 5.41) is 0. The Bertz CT molecular complexity index is 227. The fourth-order valence-corrected chi connectivity index (χ4v) is 1.07. The van der Waals surface area contributed by atoms with Gasteiger partial charge in [0.1, 0.15) is 0 Å². The van der Waals surface area contributed by atoms with Crippen LogP contribution >= 0.6 is 0 Å². The summed E-state index contributed by atoms with van der Waals surface area (Å²) in [6, 6.07) is 0. The molecule has 0 saturated carbocycles. The third kappa shape index (κ3) is 2.34. The molecule has 0 fully saturated rings. The zero-order valence-electron chi connectivity index (χ0n) is 7.83. The van der Waals surface area contributed by atoms with Gasteiger partial charge in [-0.2, -0.15) is 0 Å². The quantitative estimate of drug-likeness (QED) is 0.735. The molecule has 1 aromatic rings. The van der Waals surface area contributed by atoms with Crippen molar-refractivity contribution in [2.75, 3.05) is 6.54 Å². The van der Waals surface area contributed by atoms with Crippen LogP contribution in [0.15, 0.2) is 12.5 Å². The van der Waals surface area contributed by atoms with E-state index in [1.807, 2.05) is 6.33 Å². The van der Waals surface area contributed by atoms with Gasteiger partial charge in [0.15, 0.2) is 0 Å². The summed E-state index contributed by atoms with van der Waals surface area (Å²) in [5.41, 5.74) is 6.57. The van der Waals surface area contributed by atoms with E-state index in [0.29, 0.717) is 5.92 Å². The maximum absolute atomic E-state index is 5.41. The van der Waals surface area contributed by atoms with E-state index in [2.05, 4.69) is 29.6 Å². The number of aryl methyl sites for hydroxylation is 1. The van der Waals surface area contributed by atoms with Gasteiger partial charge in [0, 0.05) is 12.7 Å². The van der Waals surface area contributed by atoms with Crippen LogP contribution in [0.1, 0.15) is 31.9 Å². The fraction of sp³-hybridized carbons (Fsp3) is 0.667. The molecule has 0 aromatic carbocycles. The van der Waals surface area contributed by atoms with E-state index < -0.39 is 0 Å². The molecule has 3 heteroatoms. The van der Waals surface area contributed by atoms with Crippen LogP contribution in [-0.2, 0) is 6.54 Å². The highest BCUT2D eigenvalue weighted by Gasteiger charge is 2.01. The molecule has 0 aliphatic heterocycles. The minimum Gasteiger partial charge on any atom is -0.337 e. The van der Waals surface area contributed by atoms with E-state index >= 15 is 0 Å². The lowest BCUT2D eigenvalue weighted by atomic mass is 10.2. The Morgan fingerprint density at radius 2 is 2.33 bits per heavy atom. The van der Waals surface area contributed by atoms with Crippen molar-refractivity contribution >= 4 is 0 Å². The van der Waals surface area contributed by atoms with Gasteiger partial charge in [-0.25, -0.2) is 4.98 Å². The van der Waals surface area contributed by atoms with Gasteiger partial charge < -0.3 is 10.3 Å². The molecule has 3 nitrogen and oxygen atoms in total. The monoisotopic (exact) mass is 167 g/mol.